The number of cyclic esters (lactones) is 1. The van der Waals surface area contributed by atoms with Crippen LogP contribution in [0, 0.1) is 5.41 Å². The Morgan fingerprint density at radius 2 is 1.75 bits per heavy atom. The first-order valence-corrected chi connectivity index (χ1v) is 9.70. The highest BCUT2D eigenvalue weighted by Gasteiger charge is 2.41. The summed E-state index contributed by atoms with van der Waals surface area (Å²) in [5, 5.41) is 0. The molecule has 0 radical (unpaired) electrons. The average Bonchev–Trinajstić information content (AvgIpc) is 3.06. The van der Waals surface area contributed by atoms with Gasteiger partial charge in [-0.15, -0.1) is 0 Å². The molecule has 2 aromatic carbocycles. The monoisotopic (exact) mass is 381 g/mol. The molecule has 4 rings (SSSR count). The molecule has 28 heavy (non-hydrogen) atoms. The van der Waals surface area contributed by atoms with E-state index in [2.05, 4.69) is 38.1 Å². The summed E-state index contributed by atoms with van der Waals surface area (Å²) < 4.78 is 17.6. The van der Waals surface area contributed by atoms with Gasteiger partial charge >= 0.3 is 6.09 Å². The van der Waals surface area contributed by atoms with Crippen LogP contribution in [0.15, 0.2) is 42.5 Å². The van der Waals surface area contributed by atoms with Gasteiger partial charge < -0.3 is 19.1 Å². The maximum Gasteiger partial charge on any atom is 0.410 e. The van der Waals surface area contributed by atoms with E-state index in [9.17, 15) is 4.79 Å². The Morgan fingerprint density at radius 3 is 2.39 bits per heavy atom. The SMILES string of the molecule is COc1ccc(C2OC(=O)N(C)CC2(C)C)cc1OC1Cc2ccccc2C1. The highest BCUT2D eigenvalue weighted by atomic mass is 16.6. The molecule has 1 aliphatic carbocycles. The molecule has 1 atom stereocenters. The molecule has 0 spiro atoms. The molecule has 1 heterocycles. The molecule has 1 amide bonds. The molecule has 148 valence electrons. The fourth-order valence-electron chi connectivity index (χ4n) is 4.36. The zero-order valence-electron chi connectivity index (χ0n) is 16.9. The van der Waals surface area contributed by atoms with Gasteiger partial charge in [-0.25, -0.2) is 4.79 Å². The van der Waals surface area contributed by atoms with E-state index in [1.54, 1.807) is 19.1 Å². The van der Waals surface area contributed by atoms with Gasteiger partial charge in [-0.1, -0.05) is 44.2 Å². The van der Waals surface area contributed by atoms with E-state index < -0.39 is 0 Å². The van der Waals surface area contributed by atoms with Crippen LogP contribution in [0.4, 0.5) is 4.79 Å². The number of benzene rings is 2. The number of carbonyl (C=O) groups excluding carboxylic acids is 1. The van der Waals surface area contributed by atoms with Crippen molar-refractivity contribution < 1.29 is 19.0 Å². The lowest BCUT2D eigenvalue weighted by molar-refractivity contribution is -0.0456. The van der Waals surface area contributed by atoms with Crippen molar-refractivity contribution in [3.8, 4) is 11.5 Å². The van der Waals surface area contributed by atoms with Crippen LogP contribution >= 0.6 is 0 Å². The van der Waals surface area contributed by atoms with Gasteiger partial charge in [0.2, 0.25) is 0 Å². The summed E-state index contributed by atoms with van der Waals surface area (Å²) >= 11 is 0. The first-order chi connectivity index (χ1) is 13.4. The molecule has 1 unspecified atom stereocenters. The summed E-state index contributed by atoms with van der Waals surface area (Å²) in [5.74, 6) is 1.39. The van der Waals surface area contributed by atoms with Gasteiger partial charge in [0.1, 0.15) is 12.2 Å². The van der Waals surface area contributed by atoms with E-state index in [4.69, 9.17) is 14.2 Å². The number of rotatable bonds is 4. The second-order valence-electron chi connectivity index (χ2n) is 8.44. The molecule has 5 heteroatoms. The van der Waals surface area contributed by atoms with Gasteiger partial charge in [-0.2, -0.15) is 0 Å². The normalized spacial score (nSPS) is 21.2. The van der Waals surface area contributed by atoms with E-state index in [1.165, 1.54) is 11.1 Å². The molecule has 1 aliphatic heterocycles. The Bertz CT molecular complexity index is 867. The quantitative estimate of drug-likeness (QED) is 0.788. The van der Waals surface area contributed by atoms with Gasteiger partial charge in [-0.3, -0.25) is 0 Å². The summed E-state index contributed by atoms with van der Waals surface area (Å²) in [6.45, 7) is 4.86. The summed E-state index contributed by atoms with van der Waals surface area (Å²) in [4.78, 5) is 13.7. The van der Waals surface area contributed by atoms with Crippen molar-refractivity contribution in [2.75, 3.05) is 20.7 Å². The standard InChI is InChI=1S/C23H27NO4/c1-23(2)14-24(3)22(25)28-21(23)17-9-10-19(26-4)20(13-17)27-18-11-15-7-5-6-8-16(15)12-18/h5-10,13,18,21H,11-12,14H2,1-4H3. The van der Waals surface area contributed by atoms with Crippen LogP contribution in [-0.2, 0) is 17.6 Å². The Morgan fingerprint density at radius 1 is 1.07 bits per heavy atom. The lowest BCUT2D eigenvalue weighted by Gasteiger charge is -2.42. The number of fused-ring (bicyclic) bond motifs is 1. The molecule has 5 nitrogen and oxygen atoms in total. The van der Waals surface area contributed by atoms with Crippen LogP contribution in [0.2, 0.25) is 0 Å². The number of hydrogen-bond acceptors (Lipinski definition) is 4. The minimum Gasteiger partial charge on any atom is -0.493 e. The predicted octanol–water partition coefficient (Wildman–Crippen LogP) is 4.39. The average molecular weight is 381 g/mol. The van der Waals surface area contributed by atoms with Gasteiger partial charge in [0, 0.05) is 31.8 Å². The fraction of sp³-hybridized carbons (Fsp3) is 0.435. The van der Waals surface area contributed by atoms with E-state index in [0.717, 1.165) is 18.4 Å². The van der Waals surface area contributed by atoms with Crippen LogP contribution < -0.4 is 9.47 Å². The second-order valence-corrected chi connectivity index (χ2v) is 8.44. The van der Waals surface area contributed by atoms with Gasteiger partial charge in [-0.05, 0) is 28.8 Å². The summed E-state index contributed by atoms with van der Waals surface area (Å²) in [7, 11) is 3.41. The third-order valence-electron chi connectivity index (χ3n) is 5.68. The summed E-state index contributed by atoms with van der Waals surface area (Å²) in [5.41, 5.74) is 3.40. The van der Waals surface area contributed by atoms with Crippen LogP contribution in [-0.4, -0.2) is 37.8 Å². The molecule has 0 N–H and O–H groups in total. The Kier molecular flexibility index (Phi) is 4.69. The Labute approximate surface area is 166 Å². The molecule has 2 aliphatic rings. The van der Waals surface area contributed by atoms with E-state index in [-0.39, 0.29) is 23.7 Å². The number of ether oxygens (including phenoxy) is 3. The maximum absolute atomic E-state index is 12.1. The van der Waals surface area contributed by atoms with E-state index >= 15 is 0 Å². The van der Waals surface area contributed by atoms with Gasteiger partial charge in [0.15, 0.2) is 11.5 Å². The zero-order chi connectivity index (χ0) is 19.9. The highest BCUT2D eigenvalue weighted by molar-refractivity contribution is 5.69. The van der Waals surface area contributed by atoms with E-state index in [1.807, 2.05) is 18.2 Å². The Hall–Kier alpha value is -2.69. The molecular weight excluding hydrogens is 354 g/mol. The first-order valence-electron chi connectivity index (χ1n) is 9.70. The zero-order valence-corrected chi connectivity index (χ0v) is 16.9. The number of methoxy groups -OCH3 is 1. The molecule has 0 aromatic heterocycles. The fourth-order valence-corrected chi connectivity index (χ4v) is 4.36. The number of amides is 1. The van der Waals surface area contributed by atoms with Crippen molar-refractivity contribution in [3.63, 3.8) is 0 Å². The lowest BCUT2D eigenvalue weighted by Crippen LogP contribution is -2.47. The van der Waals surface area contributed by atoms with Crippen LogP contribution in [0.1, 0.15) is 36.6 Å². The predicted molar refractivity (Wildman–Crippen MR) is 107 cm³/mol. The lowest BCUT2D eigenvalue weighted by atomic mass is 9.81. The van der Waals surface area contributed by atoms with Crippen molar-refractivity contribution in [3.05, 3.63) is 59.2 Å². The molecular formula is C23H27NO4. The van der Waals surface area contributed by atoms with E-state index in [0.29, 0.717) is 18.0 Å². The summed E-state index contributed by atoms with van der Waals surface area (Å²) in [6, 6.07) is 14.3. The number of nitrogens with zero attached hydrogens (tertiary/aromatic N) is 1. The van der Waals surface area contributed by atoms with Crippen molar-refractivity contribution in [1.29, 1.82) is 0 Å². The Balaban J connectivity index is 1.59. The molecule has 2 aromatic rings. The summed E-state index contributed by atoms with van der Waals surface area (Å²) in [6.07, 6.45) is 1.23. The van der Waals surface area contributed by atoms with Crippen LogP contribution in [0.3, 0.4) is 0 Å². The van der Waals surface area contributed by atoms with Crippen molar-refractivity contribution in [2.45, 2.75) is 38.9 Å². The molecule has 0 bridgehead atoms. The topological polar surface area (TPSA) is 48.0 Å². The maximum atomic E-state index is 12.1. The smallest absolute Gasteiger partial charge is 0.410 e. The minimum absolute atomic E-state index is 0.0783. The van der Waals surface area contributed by atoms with Gasteiger partial charge in [0.25, 0.3) is 0 Å². The largest absolute Gasteiger partial charge is 0.493 e. The first kappa shape index (κ1) is 18.7. The third-order valence-corrected chi connectivity index (χ3v) is 5.68. The minimum atomic E-state index is -0.328. The van der Waals surface area contributed by atoms with Gasteiger partial charge in [0.05, 0.1) is 7.11 Å². The van der Waals surface area contributed by atoms with Crippen LogP contribution in [0.25, 0.3) is 0 Å². The number of hydrogen-bond donors (Lipinski definition) is 0. The third kappa shape index (κ3) is 3.41. The second kappa shape index (κ2) is 7.04. The van der Waals surface area contributed by atoms with Crippen molar-refractivity contribution in [2.24, 2.45) is 5.41 Å². The van der Waals surface area contributed by atoms with Crippen molar-refractivity contribution >= 4 is 6.09 Å². The molecule has 0 saturated carbocycles. The molecule has 1 saturated heterocycles. The number of carbonyl (C=O) groups is 1. The van der Waals surface area contributed by atoms with Crippen LogP contribution in [0.5, 0.6) is 11.5 Å². The highest BCUT2D eigenvalue weighted by Crippen LogP contribution is 2.43. The van der Waals surface area contributed by atoms with Crippen molar-refractivity contribution in [1.82, 2.24) is 4.90 Å². The molecule has 1 fully saturated rings.